The van der Waals surface area contributed by atoms with Crippen molar-refractivity contribution >= 4 is 5.97 Å². The van der Waals surface area contributed by atoms with Crippen molar-refractivity contribution in [1.82, 2.24) is 0 Å². The fourth-order valence-corrected chi connectivity index (χ4v) is 2.65. The largest absolute Gasteiger partial charge is 0.478 e. The van der Waals surface area contributed by atoms with Crippen LogP contribution in [0.4, 0.5) is 0 Å². The number of carboxylic acid groups (broad SMARTS) is 1. The molecule has 0 heterocycles. The molecule has 2 aromatic rings. The maximum atomic E-state index is 11.7. The molecule has 1 atom stereocenters. The highest BCUT2D eigenvalue weighted by Gasteiger charge is 2.24. The van der Waals surface area contributed by atoms with E-state index in [0.29, 0.717) is 12.2 Å². The molecule has 0 aliphatic rings. The van der Waals surface area contributed by atoms with Crippen molar-refractivity contribution in [3.63, 3.8) is 0 Å². The molecule has 0 fully saturated rings. The van der Waals surface area contributed by atoms with E-state index in [4.69, 9.17) is 4.74 Å². The zero-order valence-electron chi connectivity index (χ0n) is 14.9. The molecule has 3 heteroatoms. The number of rotatable bonds is 6. The molecule has 0 bridgehead atoms. The van der Waals surface area contributed by atoms with Crippen LogP contribution in [0.25, 0.3) is 0 Å². The maximum Gasteiger partial charge on any atom is 0.345 e. The molecule has 0 spiro atoms. The lowest BCUT2D eigenvalue weighted by Gasteiger charge is -2.24. The fraction of sp³-hybridized carbons (Fsp3) is 0.381. The van der Waals surface area contributed by atoms with Gasteiger partial charge in [0, 0.05) is 6.42 Å². The summed E-state index contributed by atoms with van der Waals surface area (Å²) < 4.78 is 5.89. The summed E-state index contributed by atoms with van der Waals surface area (Å²) in [5.74, 6) is -0.305. The molecule has 3 nitrogen and oxygen atoms in total. The summed E-state index contributed by atoms with van der Waals surface area (Å²) in [5.41, 5.74) is 3.11. The van der Waals surface area contributed by atoms with Gasteiger partial charge in [-0.25, -0.2) is 4.79 Å². The Balaban J connectivity index is 2.22. The minimum atomic E-state index is -0.946. The minimum absolute atomic E-state index is 0.109. The van der Waals surface area contributed by atoms with E-state index in [-0.39, 0.29) is 5.41 Å². The summed E-state index contributed by atoms with van der Waals surface area (Å²) in [6.07, 6.45) is 0.414. The average molecular weight is 326 g/mol. The summed E-state index contributed by atoms with van der Waals surface area (Å²) in [7, 11) is 0. The van der Waals surface area contributed by atoms with Crippen LogP contribution >= 0.6 is 0 Å². The molecule has 0 aliphatic carbocycles. The van der Waals surface area contributed by atoms with Gasteiger partial charge in [0.05, 0.1) is 0 Å². The first-order valence-electron chi connectivity index (χ1n) is 8.38. The van der Waals surface area contributed by atoms with Crippen molar-refractivity contribution in [3.8, 4) is 5.75 Å². The molecular weight excluding hydrogens is 300 g/mol. The van der Waals surface area contributed by atoms with E-state index in [9.17, 15) is 9.90 Å². The van der Waals surface area contributed by atoms with E-state index in [1.165, 1.54) is 5.56 Å². The van der Waals surface area contributed by atoms with Crippen molar-refractivity contribution in [1.29, 1.82) is 0 Å². The Bertz CT molecular complexity index is 681. The van der Waals surface area contributed by atoms with E-state index in [1.54, 1.807) is 0 Å². The maximum absolute atomic E-state index is 11.7. The van der Waals surface area contributed by atoms with Gasteiger partial charge in [0.25, 0.3) is 0 Å². The van der Waals surface area contributed by atoms with Gasteiger partial charge in [0.15, 0.2) is 6.10 Å². The van der Waals surface area contributed by atoms with Gasteiger partial charge in [-0.05, 0) is 34.6 Å². The van der Waals surface area contributed by atoms with Gasteiger partial charge in [-0.3, -0.25) is 0 Å². The van der Waals surface area contributed by atoms with E-state index >= 15 is 0 Å². The number of ether oxygens (including phenoxy) is 1. The number of aliphatic carboxylic acids is 1. The van der Waals surface area contributed by atoms with Crippen molar-refractivity contribution in [2.75, 3.05) is 0 Å². The number of carbonyl (C=O) groups is 1. The number of para-hydroxylation sites is 1. The van der Waals surface area contributed by atoms with Crippen LogP contribution < -0.4 is 4.74 Å². The Hall–Kier alpha value is -2.29. The number of aryl methyl sites for hydroxylation is 1. The average Bonchev–Trinajstić information content (AvgIpc) is 2.54. The fourth-order valence-electron chi connectivity index (χ4n) is 2.65. The highest BCUT2D eigenvalue weighted by Crippen LogP contribution is 2.31. The molecule has 0 amide bonds. The van der Waals surface area contributed by atoms with Gasteiger partial charge in [0.1, 0.15) is 5.75 Å². The van der Waals surface area contributed by atoms with Gasteiger partial charge in [0.2, 0.25) is 0 Å². The third-order valence-electron chi connectivity index (χ3n) is 4.09. The van der Waals surface area contributed by atoms with Gasteiger partial charge in [-0.1, -0.05) is 70.2 Å². The number of benzene rings is 2. The van der Waals surface area contributed by atoms with Crippen molar-refractivity contribution in [2.45, 2.75) is 52.1 Å². The molecule has 0 radical (unpaired) electrons. The van der Waals surface area contributed by atoms with Crippen LogP contribution in [0.5, 0.6) is 5.75 Å². The monoisotopic (exact) mass is 326 g/mol. The lowest BCUT2D eigenvalue weighted by Crippen LogP contribution is -2.30. The first-order valence-corrected chi connectivity index (χ1v) is 8.38. The second-order valence-corrected chi connectivity index (χ2v) is 7.07. The SMILES string of the molecule is CCc1ccc(CC(Oc2ccccc2C(C)(C)C)C(=O)O)cc1. The molecule has 1 unspecified atom stereocenters. The molecule has 0 saturated heterocycles. The third-order valence-corrected chi connectivity index (χ3v) is 4.09. The van der Waals surface area contributed by atoms with Crippen LogP contribution in [0, 0.1) is 0 Å². The standard InChI is InChI=1S/C21H26O3/c1-5-15-10-12-16(13-11-15)14-19(20(22)23)24-18-9-7-6-8-17(18)21(2,3)4/h6-13,19H,5,14H2,1-4H3,(H,22,23). The summed E-state index contributed by atoms with van der Waals surface area (Å²) in [4.78, 5) is 11.7. The minimum Gasteiger partial charge on any atom is -0.478 e. The third kappa shape index (κ3) is 4.60. The Kier molecular flexibility index (Phi) is 5.66. The quantitative estimate of drug-likeness (QED) is 0.842. The number of hydrogen-bond acceptors (Lipinski definition) is 2. The van der Waals surface area contributed by atoms with Crippen LogP contribution in [0.15, 0.2) is 48.5 Å². The van der Waals surface area contributed by atoms with Crippen molar-refractivity contribution < 1.29 is 14.6 Å². The van der Waals surface area contributed by atoms with E-state index in [2.05, 4.69) is 27.7 Å². The Morgan fingerprint density at radius 3 is 2.17 bits per heavy atom. The Morgan fingerprint density at radius 2 is 1.62 bits per heavy atom. The number of carboxylic acids is 1. The summed E-state index contributed by atoms with van der Waals surface area (Å²) >= 11 is 0. The predicted octanol–water partition coefficient (Wildman–Crippen LogP) is 4.62. The molecule has 0 saturated carbocycles. The Labute approximate surface area is 144 Å². The highest BCUT2D eigenvalue weighted by atomic mass is 16.5. The Morgan fingerprint density at radius 1 is 1.04 bits per heavy atom. The zero-order chi connectivity index (χ0) is 17.7. The van der Waals surface area contributed by atoms with Gasteiger partial charge >= 0.3 is 5.97 Å². The van der Waals surface area contributed by atoms with Crippen molar-refractivity contribution in [3.05, 3.63) is 65.2 Å². The van der Waals surface area contributed by atoms with Crippen LogP contribution in [0.2, 0.25) is 0 Å². The first kappa shape index (κ1) is 18.1. The zero-order valence-corrected chi connectivity index (χ0v) is 14.9. The van der Waals surface area contributed by atoms with Crippen LogP contribution in [0.1, 0.15) is 44.4 Å². The molecular formula is C21H26O3. The molecule has 2 aromatic carbocycles. The highest BCUT2D eigenvalue weighted by molar-refractivity contribution is 5.73. The van der Waals surface area contributed by atoms with Gasteiger partial charge in [-0.2, -0.15) is 0 Å². The summed E-state index contributed by atoms with van der Waals surface area (Å²) in [6.45, 7) is 8.37. The lowest BCUT2D eigenvalue weighted by atomic mass is 9.86. The van der Waals surface area contributed by atoms with Gasteiger partial charge < -0.3 is 9.84 Å². The molecule has 1 N–H and O–H groups in total. The normalized spacial score (nSPS) is 12.7. The van der Waals surface area contributed by atoms with E-state index in [1.807, 2.05) is 48.5 Å². The lowest BCUT2D eigenvalue weighted by molar-refractivity contribution is -0.145. The predicted molar refractivity (Wildman–Crippen MR) is 96.7 cm³/mol. The molecule has 2 rings (SSSR count). The van der Waals surface area contributed by atoms with Crippen LogP contribution in [-0.4, -0.2) is 17.2 Å². The van der Waals surface area contributed by atoms with E-state index < -0.39 is 12.1 Å². The number of hydrogen-bond donors (Lipinski definition) is 1. The van der Waals surface area contributed by atoms with E-state index in [0.717, 1.165) is 17.5 Å². The smallest absolute Gasteiger partial charge is 0.345 e. The summed E-state index contributed by atoms with van der Waals surface area (Å²) in [5, 5.41) is 9.57. The molecule has 128 valence electrons. The van der Waals surface area contributed by atoms with Crippen molar-refractivity contribution in [2.24, 2.45) is 0 Å². The molecule has 0 aliphatic heterocycles. The van der Waals surface area contributed by atoms with Crippen LogP contribution in [-0.2, 0) is 23.1 Å². The first-order chi connectivity index (χ1) is 11.3. The second-order valence-electron chi connectivity index (χ2n) is 7.07. The van der Waals surface area contributed by atoms with Gasteiger partial charge in [-0.15, -0.1) is 0 Å². The van der Waals surface area contributed by atoms with Crippen LogP contribution in [0.3, 0.4) is 0 Å². The summed E-state index contributed by atoms with van der Waals surface area (Å²) in [6, 6.07) is 15.7. The molecule has 0 aromatic heterocycles. The second kappa shape index (κ2) is 7.52. The molecule has 24 heavy (non-hydrogen) atoms. The topological polar surface area (TPSA) is 46.5 Å².